The second-order valence-electron chi connectivity index (χ2n) is 6.90. The monoisotopic (exact) mass is 399 g/mol. The minimum absolute atomic E-state index is 0.102. The van der Waals surface area contributed by atoms with Crippen LogP contribution in [0.2, 0.25) is 0 Å². The van der Waals surface area contributed by atoms with Gasteiger partial charge in [0.25, 0.3) is 11.5 Å². The number of pyridine rings is 1. The third-order valence-electron chi connectivity index (χ3n) is 4.92. The largest absolute Gasteiger partial charge is 0.451 e. The Morgan fingerprint density at radius 2 is 2.00 bits per heavy atom. The predicted molar refractivity (Wildman–Crippen MR) is 111 cm³/mol. The van der Waals surface area contributed by atoms with E-state index in [2.05, 4.69) is 20.4 Å². The van der Waals surface area contributed by atoms with Gasteiger partial charge in [0.1, 0.15) is 5.58 Å². The van der Waals surface area contributed by atoms with E-state index >= 15 is 0 Å². The van der Waals surface area contributed by atoms with Crippen molar-refractivity contribution in [2.75, 3.05) is 0 Å². The van der Waals surface area contributed by atoms with E-state index in [1.807, 2.05) is 49.4 Å². The highest BCUT2D eigenvalue weighted by Gasteiger charge is 2.17. The van der Waals surface area contributed by atoms with E-state index in [-0.39, 0.29) is 23.8 Å². The van der Waals surface area contributed by atoms with Crippen LogP contribution < -0.4 is 10.9 Å². The zero-order valence-electron chi connectivity index (χ0n) is 16.0. The van der Waals surface area contributed by atoms with Gasteiger partial charge in [-0.05, 0) is 25.1 Å². The van der Waals surface area contributed by atoms with Gasteiger partial charge in [-0.25, -0.2) is 9.50 Å². The fraction of sp³-hybridized carbons (Fsp3) is 0.0909. The van der Waals surface area contributed by atoms with E-state index in [1.54, 1.807) is 12.3 Å². The van der Waals surface area contributed by atoms with E-state index in [9.17, 15) is 9.59 Å². The van der Waals surface area contributed by atoms with Crippen LogP contribution in [0.5, 0.6) is 0 Å². The maximum Gasteiger partial charge on any atom is 0.287 e. The van der Waals surface area contributed by atoms with Crippen LogP contribution in [0.25, 0.3) is 28.0 Å². The number of aromatic amines is 1. The molecule has 30 heavy (non-hydrogen) atoms. The highest BCUT2D eigenvalue weighted by Crippen LogP contribution is 2.24. The number of benzene rings is 1. The van der Waals surface area contributed by atoms with E-state index in [1.165, 1.54) is 10.6 Å². The molecular formula is C22H17N5O3. The quantitative estimate of drug-likeness (QED) is 0.483. The van der Waals surface area contributed by atoms with Crippen molar-refractivity contribution >= 4 is 22.5 Å². The summed E-state index contributed by atoms with van der Waals surface area (Å²) in [7, 11) is 0. The molecule has 4 aromatic heterocycles. The van der Waals surface area contributed by atoms with Gasteiger partial charge in [0.15, 0.2) is 11.4 Å². The number of amides is 1. The average Bonchev–Trinajstić information content (AvgIpc) is 3.35. The van der Waals surface area contributed by atoms with Gasteiger partial charge in [0, 0.05) is 29.3 Å². The van der Waals surface area contributed by atoms with Gasteiger partial charge in [0.2, 0.25) is 0 Å². The SMILES string of the molecule is Cc1c(C(=O)NCc2cc(=O)n3[nH]c(-c4ccccn4)cc3n2)oc2ccccc12. The number of para-hydroxylation sites is 1. The summed E-state index contributed by atoms with van der Waals surface area (Å²) in [6.07, 6.45) is 1.68. The lowest BCUT2D eigenvalue weighted by molar-refractivity contribution is 0.0924. The zero-order valence-corrected chi connectivity index (χ0v) is 16.0. The van der Waals surface area contributed by atoms with Crippen molar-refractivity contribution in [3.63, 3.8) is 0 Å². The molecule has 8 nitrogen and oxygen atoms in total. The Kier molecular flexibility index (Phi) is 4.17. The third kappa shape index (κ3) is 3.04. The minimum Gasteiger partial charge on any atom is -0.451 e. The number of furan rings is 1. The Labute approximate surface area is 170 Å². The van der Waals surface area contributed by atoms with Crippen LogP contribution in [-0.4, -0.2) is 25.5 Å². The number of aryl methyl sites for hydroxylation is 1. The van der Waals surface area contributed by atoms with Crippen LogP contribution in [-0.2, 0) is 6.54 Å². The maximum absolute atomic E-state index is 12.6. The van der Waals surface area contributed by atoms with Gasteiger partial charge in [0.05, 0.1) is 23.6 Å². The molecule has 8 heteroatoms. The molecular weight excluding hydrogens is 382 g/mol. The highest BCUT2D eigenvalue weighted by atomic mass is 16.3. The lowest BCUT2D eigenvalue weighted by Crippen LogP contribution is -2.25. The second-order valence-corrected chi connectivity index (χ2v) is 6.90. The highest BCUT2D eigenvalue weighted by molar-refractivity contribution is 5.98. The number of nitrogens with one attached hydrogen (secondary N) is 2. The van der Waals surface area contributed by atoms with Crippen LogP contribution in [0, 0.1) is 6.92 Å². The van der Waals surface area contributed by atoms with Crippen LogP contribution in [0.3, 0.4) is 0 Å². The van der Waals surface area contributed by atoms with Crippen molar-refractivity contribution in [2.24, 2.45) is 0 Å². The summed E-state index contributed by atoms with van der Waals surface area (Å²) in [5.74, 6) is -0.0953. The summed E-state index contributed by atoms with van der Waals surface area (Å²) in [5, 5.41) is 6.68. The van der Waals surface area contributed by atoms with Gasteiger partial charge in [-0.3, -0.25) is 19.7 Å². The van der Waals surface area contributed by atoms with Gasteiger partial charge in [-0.1, -0.05) is 24.3 Å². The summed E-state index contributed by atoms with van der Waals surface area (Å²) in [6, 6.07) is 16.1. The summed E-state index contributed by atoms with van der Waals surface area (Å²) in [6.45, 7) is 1.95. The molecule has 0 aliphatic heterocycles. The van der Waals surface area contributed by atoms with Crippen molar-refractivity contribution in [1.29, 1.82) is 0 Å². The molecule has 0 aliphatic rings. The Hall–Kier alpha value is -4.20. The summed E-state index contributed by atoms with van der Waals surface area (Å²) >= 11 is 0. The second kappa shape index (κ2) is 7.00. The molecule has 0 saturated heterocycles. The molecule has 4 heterocycles. The van der Waals surface area contributed by atoms with Gasteiger partial charge < -0.3 is 9.73 Å². The number of rotatable bonds is 4. The number of aromatic nitrogens is 4. The van der Waals surface area contributed by atoms with Gasteiger partial charge in [-0.15, -0.1) is 0 Å². The molecule has 0 unspecified atom stereocenters. The molecule has 1 amide bonds. The molecule has 5 rings (SSSR count). The van der Waals surface area contributed by atoms with Crippen molar-refractivity contribution in [3.05, 3.63) is 88.2 Å². The van der Waals surface area contributed by atoms with Crippen molar-refractivity contribution in [1.82, 2.24) is 24.9 Å². The van der Waals surface area contributed by atoms with Crippen LogP contribution >= 0.6 is 0 Å². The van der Waals surface area contributed by atoms with Crippen LogP contribution in [0.15, 0.2) is 70.0 Å². The molecule has 0 radical (unpaired) electrons. The lowest BCUT2D eigenvalue weighted by atomic mass is 10.1. The smallest absolute Gasteiger partial charge is 0.287 e. The summed E-state index contributed by atoms with van der Waals surface area (Å²) in [4.78, 5) is 33.8. The molecule has 0 atom stereocenters. The number of nitrogens with zero attached hydrogens (tertiary/aromatic N) is 3. The van der Waals surface area contributed by atoms with Crippen molar-refractivity contribution in [2.45, 2.75) is 13.5 Å². The summed E-state index contributed by atoms with van der Waals surface area (Å²) in [5.41, 5.74) is 3.45. The first kappa shape index (κ1) is 17.9. The normalized spacial score (nSPS) is 11.2. The minimum atomic E-state index is -0.353. The predicted octanol–water partition coefficient (Wildman–Crippen LogP) is 3.07. The van der Waals surface area contributed by atoms with Crippen LogP contribution in [0.1, 0.15) is 21.8 Å². The molecule has 1 aromatic carbocycles. The molecule has 0 aliphatic carbocycles. The number of hydrogen-bond donors (Lipinski definition) is 2. The zero-order chi connectivity index (χ0) is 20.7. The fourth-order valence-corrected chi connectivity index (χ4v) is 3.43. The topological polar surface area (TPSA) is 105 Å². The standard InChI is InChI=1S/C22H17N5O3/c1-13-15-6-2-3-8-18(15)30-21(13)22(29)24-12-14-10-20(28)27-19(25-14)11-17(26-27)16-7-4-5-9-23-16/h2-11,26H,12H2,1H3,(H,24,29). The molecule has 5 aromatic rings. The van der Waals surface area contributed by atoms with Crippen molar-refractivity contribution < 1.29 is 9.21 Å². The Bertz CT molecular complexity index is 1450. The van der Waals surface area contributed by atoms with Gasteiger partial charge in [-0.2, -0.15) is 0 Å². The average molecular weight is 399 g/mol. The molecule has 0 fully saturated rings. The summed E-state index contributed by atoms with van der Waals surface area (Å²) < 4.78 is 7.03. The first-order chi connectivity index (χ1) is 14.6. The molecule has 0 saturated carbocycles. The fourth-order valence-electron chi connectivity index (χ4n) is 3.43. The van der Waals surface area contributed by atoms with E-state index in [4.69, 9.17) is 4.42 Å². The third-order valence-corrected chi connectivity index (χ3v) is 4.92. The maximum atomic E-state index is 12.6. The Morgan fingerprint density at radius 1 is 1.17 bits per heavy atom. The van der Waals surface area contributed by atoms with E-state index < -0.39 is 0 Å². The lowest BCUT2D eigenvalue weighted by Gasteiger charge is -2.04. The number of H-pyrrole nitrogens is 1. The number of hydrogen-bond acceptors (Lipinski definition) is 5. The first-order valence-corrected chi connectivity index (χ1v) is 9.39. The van der Waals surface area contributed by atoms with E-state index in [0.29, 0.717) is 28.3 Å². The molecule has 2 N–H and O–H groups in total. The Balaban J connectivity index is 1.40. The molecule has 0 bridgehead atoms. The number of carbonyl (C=O) groups is 1. The first-order valence-electron chi connectivity index (χ1n) is 9.39. The molecule has 148 valence electrons. The molecule has 0 spiro atoms. The van der Waals surface area contributed by atoms with Crippen molar-refractivity contribution in [3.8, 4) is 11.4 Å². The van der Waals surface area contributed by atoms with Gasteiger partial charge >= 0.3 is 0 Å². The van der Waals surface area contributed by atoms with Crippen LogP contribution in [0.4, 0.5) is 0 Å². The Morgan fingerprint density at radius 3 is 2.80 bits per heavy atom. The van der Waals surface area contributed by atoms with E-state index in [0.717, 1.165) is 10.9 Å². The number of carbonyl (C=O) groups excluding carboxylic acids is 1. The number of fused-ring (bicyclic) bond motifs is 2.